The van der Waals surface area contributed by atoms with Gasteiger partial charge in [0.05, 0.1) is 23.6 Å². The van der Waals surface area contributed by atoms with Gasteiger partial charge in [-0.3, -0.25) is 19.3 Å². The number of β-lactam (4-membered cyclic amide) rings is 1. The van der Waals surface area contributed by atoms with Crippen molar-refractivity contribution >= 4 is 82.5 Å². The molecule has 200 valence electrons. The molecule has 18 heteroatoms. The number of fused-ring (bicyclic) bond motifs is 1. The molecule has 0 saturated carbocycles. The molecule has 0 bridgehead atoms. The monoisotopic (exact) mass is 593 g/mol. The van der Waals surface area contributed by atoms with E-state index in [-0.39, 0.29) is 72.2 Å². The predicted molar refractivity (Wildman–Crippen MR) is 137 cm³/mol. The number of nitrogens with zero attached hydrogens (tertiary/aromatic N) is 5. The van der Waals surface area contributed by atoms with Crippen LogP contribution in [0.1, 0.15) is 11.4 Å². The number of primary amides is 1. The first-order chi connectivity index (χ1) is 16.8. The molecular weight excluding hydrogens is 573 g/mol. The van der Waals surface area contributed by atoms with Gasteiger partial charge in [0, 0.05) is 11.1 Å². The maximum absolute atomic E-state index is 12.3. The molecule has 2 amide bonds. The van der Waals surface area contributed by atoms with Gasteiger partial charge in [0.2, 0.25) is 5.91 Å². The van der Waals surface area contributed by atoms with E-state index in [2.05, 4.69) is 15.1 Å². The number of hydrogen-bond acceptors (Lipinski definition) is 12. The van der Waals surface area contributed by atoms with Crippen LogP contribution in [0.25, 0.3) is 0 Å². The minimum atomic E-state index is -1.17. The fourth-order valence-corrected chi connectivity index (χ4v) is 5.19. The molecule has 4 rings (SSSR count). The van der Waals surface area contributed by atoms with E-state index < -0.39 is 29.7 Å². The van der Waals surface area contributed by atoms with Crippen molar-refractivity contribution < 1.29 is 33.9 Å². The third kappa shape index (κ3) is 6.51. The van der Waals surface area contributed by atoms with Gasteiger partial charge in [-0.1, -0.05) is 5.16 Å². The molecule has 5 N–H and O–H groups in total. The minimum Gasteiger partial charge on any atom is -0.477 e. The Morgan fingerprint density at radius 3 is 2.70 bits per heavy atom. The number of thiazole rings is 1. The summed E-state index contributed by atoms with van der Waals surface area (Å²) in [6, 6.07) is 0. The number of thioether (sulfide) groups is 1. The van der Waals surface area contributed by atoms with Crippen LogP contribution >= 0.6 is 47.9 Å². The summed E-state index contributed by atoms with van der Waals surface area (Å²) in [7, 11) is 0. The maximum Gasteiger partial charge on any atom is 0.352 e. The predicted octanol–water partition coefficient (Wildman–Crippen LogP) is 0.215. The fourth-order valence-electron chi connectivity index (χ4n) is 3.39. The first-order valence-electron chi connectivity index (χ1n) is 10.00. The standard InChI is InChI=1S/C19H19N7O7S2.2ClH/c20-15(28)14(11-7-35-19(21)23-11)24-33-5-9-3-22-8-25(9)4-13(27)32-6-10-16(29)26-12(18(30)31)1-2-34-17(10)26;;/h1,3,7-8,10,17H,2,4-6H2,(H2,20,28)(H2,21,23)(H,30,31);2*1H/t10-,17+;;/m1../s1. The highest BCUT2D eigenvalue weighted by atomic mass is 35.5. The van der Waals surface area contributed by atoms with Gasteiger partial charge in [0.25, 0.3) is 5.91 Å². The Balaban J connectivity index is 0.00000241. The zero-order valence-corrected chi connectivity index (χ0v) is 22.0. The van der Waals surface area contributed by atoms with Crippen LogP contribution in [-0.2, 0) is 41.9 Å². The van der Waals surface area contributed by atoms with Crippen LogP contribution in [0.2, 0.25) is 0 Å². The number of carboxylic acids is 1. The molecule has 14 nitrogen and oxygen atoms in total. The summed E-state index contributed by atoms with van der Waals surface area (Å²) >= 11 is 2.52. The summed E-state index contributed by atoms with van der Waals surface area (Å²) < 4.78 is 6.72. The third-order valence-electron chi connectivity index (χ3n) is 5.06. The number of anilines is 1. The van der Waals surface area contributed by atoms with Crippen LogP contribution in [0.3, 0.4) is 0 Å². The smallest absolute Gasteiger partial charge is 0.352 e. The van der Waals surface area contributed by atoms with Gasteiger partial charge in [-0.25, -0.2) is 14.8 Å². The molecule has 2 aromatic rings. The lowest BCUT2D eigenvalue weighted by molar-refractivity contribution is -0.160. The Kier molecular flexibility index (Phi) is 10.3. The summed E-state index contributed by atoms with van der Waals surface area (Å²) in [4.78, 5) is 61.9. The Labute approximate surface area is 229 Å². The number of ether oxygens (including phenoxy) is 1. The lowest BCUT2D eigenvalue weighted by Crippen LogP contribution is -2.62. The molecule has 37 heavy (non-hydrogen) atoms. The lowest BCUT2D eigenvalue weighted by atomic mass is 9.97. The normalized spacial score (nSPS) is 18.4. The maximum atomic E-state index is 12.3. The summed E-state index contributed by atoms with van der Waals surface area (Å²) in [5.41, 5.74) is 11.3. The van der Waals surface area contributed by atoms with E-state index in [1.807, 2.05) is 0 Å². The fraction of sp³-hybridized carbons (Fsp3) is 0.316. The van der Waals surface area contributed by atoms with E-state index in [0.29, 0.717) is 11.4 Å². The summed E-state index contributed by atoms with van der Waals surface area (Å²) in [5.74, 6) is -3.20. The number of amides is 2. The molecule has 1 saturated heterocycles. The van der Waals surface area contributed by atoms with Crippen LogP contribution in [0.5, 0.6) is 0 Å². The zero-order chi connectivity index (χ0) is 25.1. The van der Waals surface area contributed by atoms with Gasteiger partial charge in [-0.05, 0) is 6.08 Å². The third-order valence-corrected chi connectivity index (χ3v) is 6.98. The minimum absolute atomic E-state index is 0. The van der Waals surface area contributed by atoms with Gasteiger partial charge >= 0.3 is 11.9 Å². The number of rotatable bonds is 10. The van der Waals surface area contributed by atoms with E-state index >= 15 is 0 Å². The highest BCUT2D eigenvalue weighted by molar-refractivity contribution is 8.00. The van der Waals surface area contributed by atoms with E-state index in [9.17, 15) is 24.3 Å². The number of nitrogen functional groups attached to an aromatic ring is 1. The SMILES string of the molecule is Cl.Cl.NC(=O)C(=NOCc1cncn1CC(=O)OC[C@@H]1C(=O)N2C(C(=O)O)=CCS[C@@H]12)c1csc(N)n1. The average Bonchev–Trinajstić information content (AvgIpc) is 3.44. The number of esters is 1. The number of imidazole rings is 1. The molecular formula is C19H21Cl2N7O7S2. The van der Waals surface area contributed by atoms with Gasteiger partial charge in [0.1, 0.15) is 30.5 Å². The Bertz CT molecular complexity index is 1250. The number of carbonyl (C=O) groups is 4. The van der Waals surface area contributed by atoms with Crippen LogP contribution in [0.4, 0.5) is 5.13 Å². The van der Waals surface area contributed by atoms with Crippen molar-refractivity contribution in [3.63, 3.8) is 0 Å². The highest BCUT2D eigenvalue weighted by Gasteiger charge is 2.52. The van der Waals surface area contributed by atoms with E-state index in [4.69, 9.17) is 21.0 Å². The van der Waals surface area contributed by atoms with Gasteiger partial charge in [-0.2, -0.15) is 0 Å². The number of oxime groups is 1. The molecule has 2 aliphatic heterocycles. The van der Waals surface area contributed by atoms with E-state index in [1.54, 1.807) is 0 Å². The van der Waals surface area contributed by atoms with Crippen molar-refractivity contribution in [3.8, 4) is 0 Å². The average molecular weight is 594 g/mol. The summed E-state index contributed by atoms with van der Waals surface area (Å²) in [5, 5.41) is 14.3. The van der Waals surface area contributed by atoms with E-state index in [0.717, 1.165) is 11.3 Å². The molecule has 2 aromatic heterocycles. The second-order valence-electron chi connectivity index (χ2n) is 7.28. The Morgan fingerprint density at radius 2 is 2.05 bits per heavy atom. The number of carbonyl (C=O) groups excluding carboxylic acids is 3. The van der Waals surface area contributed by atoms with Crippen LogP contribution in [0, 0.1) is 5.92 Å². The quantitative estimate of drug-likeness (QED) is 0.147. The van der Waals surface area contributed by atoms with Gasteiger partial charge < -0.3 is 30.7 Å². The van der Waals surface area contributed by atoms with E-state index in [1.165, 1.54) is 45.2 Å². The highest BCUT2D eigenvalue weighted by Crippen LogP contribution is 2.41. The number of aromatic nitrogens is 3. The van der Waals surface area contributed by atoms with Crippen molar-refractivity contribution in [1.29, 1.82) is 0 Å². The number of nitrogens with two attached hydrogens (primary N) is 2. The van der Waals surface area contributed by atoms with Crippen molar-refractivity contribution in [2.24, 2.45) is 16.8 Å². The van der Waals surface area contributed by atoms with Crippen molar-refractivity contribution in [1.82, 2.24) is 19.4 Å². The Morgan fingerprint density at radius 1 is 1.30 bits per heavy atom. The van der Waals surface area contributed by atoms with Crippen LogP contribution in [-0.4, -0.2) is 71.7 Å². The number of halogens is 2. The molecule has 0 aromatic carbocycles. The first kappa shape index (κ1) is 29.9. The molecule has 0 unspecified atom stereocenters. The van der Waals surface area contributed by atoms with Crippen molar-refractivity contribution in [2.45, 2.75) is 18.5 Å². The second-order valence-corrected chi connectivity index (χ2v) is 9.32. The van der Waals surface area contributed by atoms with Crippen molar-refractivity contribution in [2.75, 3.05) is 18.1 Å². The number of carboxylic acid groups (broad SMARTS) is 1. The molecule has 0 radical (unpaired) electrons. The van der Waals surface area contributed by atoms with Crippen LogP contribution < -0.4 is 11.5 Å². The Hall–Kier alpha value is -3.34. The van der Waals surface area contributed by atoms with Crippen molar-refractivity contribution in [3.05, 3.63) is 41.1 Å². The molecule has 2 atom stereocenters. The van der Waals surface area contributed by atoms with Crippen LogP contribution in [0.15, 0.2) is 34.8 Å². The molecule has 1 fully saturated rings. The first-order valence-corrected chi connectivity index (χ1v) is 11.9. The molecule has 0 spiro atoms. The number of hydrogen-bond donors (Lipinski definition) is 3. The molecule has 4 heterocycles. The topological polar surface area (TPSA) is 205 Å². The summed E-state index contributed by atoms with van der Waals surface area (Å²) in [6.07, 6.45) is 4.31. The zero-order valence-electron chi connectivity index (χ0n) is 18.7. The van der Waals surface area contributed by atoms with Gasteiger partial charge in [-0.15, -0.1) is 47.9 Å². The number of aliphatic carboxylic acids is 1. The largest absolute Gasteiger partial charge is 0.477 e. The second kappa shape index (κ2) is 12.8. The lowest BCUT2D eigenvalue weighted by Gasteiger charge is -2.47. The van der Waals surface area contributed by atoms with Gasteiger partial charge in [0.15, 0.2) is 17.5 Å². The summed E-state index contributed by atoms with van der Waals surface area (Å²) in [6.45, 7) is -0.512. The molecule has 2 aliphatic rings. The molecule has 0 aliphatic carbocycles.